The minimum Gasteiger partial charge on any atom is -0.378 e. The quantitative estimate of drug-likeness (QED) is 0.876. The lowest BCUT2D eigenvalue weighted by atomic mass is 10.1. The Morgan fingerprint density at radius 1 is 1.32 bits per heavy atom. The summed E-state index contributed by atoms with van der Waals surface area (Å²) < 4.78 is 8.41. The van der Waals surface area contributed by atoms with E-state index in [4.69, 9.17) is 17.0 Å². The molecule has 2 aromatic rings. The van der Waals surface area contributed by atoms with Crippen molar-refractivity contribution < 1.29 is 4.74 Å². The smallest absolute Gasteiger partial charge is 0.199 e. The first-order chi connectivity index (χ1) is 9.34. The fraction of sp³-hybridized carbons (Fsp3) is 0.429. The van der Waals surface area contributed by atoms with E-state index in [1.807, 2.05) is 34.9 Å². The lowest BCUT2D eigenvalue weighted by Gasteiger charge is -2.22. The summed E-state index contributed by atoms with van der Waals surface area (Å²) >= 11 is 5.33. The van der Waals surface area contributed by atoms with E-state index in [0.717, 1.165) is 31.0 Å². The van der Waals surface area contributed by atoms with Gasteiger partial charge in [0.1, 0.15) is 5.82 Å². The van der Waals surface area contributed by atoms with Crippen molar-refractivity contribution in [2.24, 2.45) is 0 Å². The van der Waals surface area contributed by atoms with Crippen LogP contribution in [-0.2, 0) is 11.2 Å². The zero-order valence-electron chi connectivity index (χ0n) is 10.7. The van der Waals surface area contributed by atoms with Gasteiger partial charge in [-0.3, -0.25) is 9.67 Å². The number of benzene rings is 1. The first kappa shape index (κ1) is 12.6. The van der Waals surface area contributed by atoms with E-state index < -0.39 is 0 Å². The summed E-state index contributed by atoms with van der Waals surface area (Å²) in [6.07, 6.45) is 4.58. The van der Waals surface area contributed by atoms with Crippen LogP contribution >= 0.6 is 12.2 Å². The fourth-order valence-electron chi connectivity index (χ4n) is 2.48. The summed E-state index contributed by atoms with van der Waals surface area (Å²) in [7, 11) is 0. The van der Waals surface area contributed by atoms with Gasteiger partial charge in [-0.2, -0.15) is 5.10 Å². The van der Waals surface area contributed by atoms with Crippen molar-refractivity contribution >= 4 is 12.2 Å². The number of nitrogens with zero attached hydrogens (tertiary/aromatic N) is 2. The molecule has 0 amide bonds. The zero-order chi connectivity index (χ0) is 13.1. The molecule has 1 aliphatic rings. The van der Waals surface area contributed by atoms with Crippen LogP contribution in [0.3, 0.4) is 0 Å². The third-order valence-corrected chi connectivity index (χ3v) is 3.71. The molecule has 1 N–H and O–H groups in total. The monoisotopic (exact) mass is 275 g/mol. The van der Waals surface area contributed by atoms with Gasteiger partial charge in [0.05, 0.1) is 6.10 Å². The Morgan fingerprint density at radius 3 is 2.89 bits per heavy atom. The highest BCUT2D eigenvalue weighted by Gasteiger charge is 2.18. The van der Waals surface area contributed by atoms with Crippen LogP contribution in [0.25, 0.3) is 5.69 Å². The lowest BCUT2D eigenvalue weighted by molar-refractivity contribution is 0.0154. The van der Waals surface area contributed by atoms with Crippen LogP contribution in [0, 0.1) is 4.77 Å². The number of aromatic amines is 1. The second-order valence-corrected chi connectivity index (χ2v) is 5.20. The number of aromatic nitrogens is 3. The molecular formula is C14H17N3OS. The second-order valence-electron chi connectivity index (χ2n) is 4.81. The van der Waals surface area contributed by atoms with Gasteiger partial charge in [0.15, 0.2) is 4.77 Å². The lowest BCUT2D eigenvalue weighted by Crippen LogP contribution is -2.23. The molecule has 1 unspecified atom stereocenters. The maximum absolute atomic E-state index is 5.78. The maximum atomic E-state index is 5.78. The maximum Gasteiger partial charge on any atom is 0.199 e. The number of rotatable bonds is 3. The molecule has 0 bridgehead atoms. The topological polar surface area (TPSA) is 42.8 Å². The van der Waals surface area contributed by atoms with E-state index >= 15 is 0 Å². The van der Waals surface area contributed by atoms with E-state index in [9.17, 15) is 0 Å². The fourth-order valence-corrected chi connectivity index (χ4v) is 2.74. The molecule has 1 fully saturated rings. The van der Waals surface area contributed by atoms with Gasteiger partial charge >= 0.3 is 0 Å². The van der Waals surface area contributed by atoms with Crippen LogP contribution in [-0.4, -0.2) is 27.5 Å². The minimum atomic E-state index is 0.265. The molecule has 1 aliphatic heterocycles. The molecule has 4 nitrogen and oxygen atoms in total. The Balaban J connectivity index is 1.88. The molecule has 0 saturated carbocycles. The summed E-state index contributed by atoms with van der Waals surface area (Å²) in [6.45, 7) is 0.862. The van der Waals surface area contributed by atoms with E-state index in [-0.39, 0.29) is 6.10 Å². The van der Waals surface area contributed by atoms with E-state index in [0.29, 0.717) is 4.77 Å². The van der Waals surface area contributed by atoms with Crippen molar-refractivity contribution in [3.8, 4) is 5.69 Å². The highest BCUT2D eigenvalue weighted by atomic mass is 32.1. The first-order valence-corrected chi connectivity index (χ1v) is 7.09. The van der Waals surface area contributed by atoms with Crippen LogP contribution in [0.15, 0.2) is 30.3 Å². The van der Waals surface area contributed by atoms with Gasteiger partial charge in [-0.1, -0.05) is 18.2 Å². The van der Waals surface area contributed by atoms with Crippen molar-refractivity contribution in [1.82, 2.24) is 14.8 Å². The Bertz CT molecular complexity index is 584. The van der Waals surface area contributed by atoms with Crippen LogP contribution in [0.5, 0.6) is 0 Å². The average Bonchev–Trinajstić information content (AvgIpc) is 2.82. The van der Waals surface area contributed by atoms with Crippen molar-refractivity contribution in [2.75, 3.05) is 6.61 Å². The van der Waals surface area contributed by atoms with Crippen molar-refractivity contribution in [1.29, 1.82) is 0 Å². The number of hydrogen-bond acceptors (Lipinski definition) is 3. The Morgan fingerprint density at radius 2 is 2.16 bits per heavy atom. The van der Waals surface area contributed by atoms with Crippen LogP contribution in [0.1, 0.15) is 25.1 Å². The summed E-state index contributed by atoms with van der Waals surface area (Å²) in [5.41, 5.74) is 1.05. The normalized spacial score (nSPS) is 19.5. The van der Waals surface area contributed by atoms with Gasteiger partial charge < -0.3 is 4.74 Å². The first-order valence-electron chi connectivity index (χ1n) is 6.68. The third-order valence-electron chi connectivity index (χ3n) is 3.44. The molecule has 3 rings (SSSR count). The van der Waals surface area contributed by atoms with Crippen molar-refractivity contribution in [3.63, 3.8) is 0 Å². The molecule has 1 saturated heterocycles. The largest absolute Gasteiger partial charge is 0.378 e. The predicted octanol–water partition coefficient (Wildman–Crippen LogP) is 3.04. The average molecular weight is 275 g/mol. The highest BCUT2D eigenvalue weighted by molar-refractivity contribution is 7.71. The molecular weight excluding hydrogens is 258 g/mol. The molecule has 1 aromatic heterocycles. The van der Waals surface area contributed by atoms with E-state index in [1.165, 1.54) is 12.8 Å². The predicted molar refractivity (Wildman–Crippen MR) is 76.0 cm³/mol. The highest BCUT2D eigenvalue weighted by Crippen LogP contribution is 2.18. The summed E-state index contributed by atoms with van der Waals surface area (Å²) in [5, 5.41) is 7.24. The van der Waals surface area contributed by atoms with Gasteiger partial charge in [0.25, 0.3) is 0 Å². The number of para-hydroxylation sites is 1. The van der Waals surface area contributed by atoms with Crippen molar-refractivity contribution in [3.05, 3.63) is 40.9 Å². The Hall–Kier alpha value is -1.46. The van der Waals surface area contributed by atoms with E-state index in [2.05, 4.69) is 10.2 Å². The van der Waals surface area contributed by atoms with Gasteiger partial charge in [0, 0.05) is 18.7 Å². The molecule has 5 heteroatoms. The van der Waals surface area contributed by atoms with Crippen LogP contribution in [0.4, 0.5) is 0 Å². The standard InChI is InChI=1S/C14H17N3OS/c19-14-16-15-13(10-12-8-4-5-9-18-12)17(14)11-6-2-1-3-7-11/h1-3,6-7,12H,4-5,8-10H2,(H,16,19). The number of nitrogens with one attached hydrogen (secondary N) is 1. The molecule has 2 heterocycles. The molecule has 0 radical (unpaired) electrons. The molecule has 19 heavy (non-hydrogen) atoms. The SMILES string of the molecule is S=c1[nH]nc(CC2CCCCO2)n1-c1ccccc1. The van der Waals surface area contributed by atoms with E-state index in [1.54, 1.807) is 0 Å². The Kier molecular flexibility index (Phi) is 3.75. The van der Waals surface area contributed by atoms with Gasteiger partial charge in [-0.25, -0.2) is 0 Å². The number of ether oxygens (including phenoxy) is 1. The van der Waals surface area contributed by atoms with Crippen molar-refractivity contribution in [2.45, 2.75) is 31.8 Å². The summed E-state index contributed by atoms with van der Waals surface area (Å²) in [5.74, 6) is 0.947. The Labute approximate surface area is 117 Å². The summed E-state index contributed by atoms with van der Waals surface area (Å²) in [6, 6.07) is 10.1. The molecule has 100 valence electrons. The summed E-state index contributed by atoms with van der Waals surface area (Å²) in [4.78, 5) is 0. The minimum absolute atomic E-state index is 0.265. The molecule has 0 spiro atoms. The molecule has 0 aliphatic carbocycles. The van der Waals surface area contributed by atoms with Gasteiger partial charge in [-0.15, -0.1) is 0 Å². The number of hydrogen-bond donors (Lipinski definition) is 1. The third kappa shape index (κ3) is 2.77. The van der Waals surface area contributed by atoms with Gasteiger partial charge in [0.2, 0.25) is 0 Å². The molecule has 1 atom stereocenters. The molecule has 1 aromatic carbocycles. The zero-order valence-corrected chi connectivity index (χ0v) is 11.5. The van der Waals surface area contributed by atoms with Crippen LogP contribution < -0.4 is 0 Å². The second kappa shape index (κ2) is 5.67. The number of H-pyrrole nitrogens is 1. The van der Waals surface area contributed by atoms with Gasteiger partial charge in [-0.05, 0) is 43.6 Å². The van der Waals surface area contributed by atoms with Crippen LogP contribution in [0.2, 0.25) is 0 Å².